The van der Waals surface area contributed by atoms with Gasteiger partial charge in [0.15, 0.2) is 21.2 Å². The van der Waals surface area contributed by atoms with Crippen molar-refractivity contribution in [3.8, 4) is 17.2 Å². The number of non-ortho nitro benzene ring substituents is 1. The molecule has 6 atom stereocenters. The minimum Gasteiger partial charge on any atom is -0.502 e. The summed E-state index contributed by atoms with van der Waals surface area (Å²) in [7, 11) is 4.06. The first-order valence-electron chi connectivity index (χ1n) is 14.0. The number of carbonyl (C=O) groups excluding carboxylic acids is 4. The number of carbonyl (C=O) groups is 4. The van der Waals surface area contributed by atoms with E-state index in [4.69, 9.17) is 32.7 Å². The standard InChI is InChI=1S/C31H27Cl2N3O9/c1-34-28(40)30(32)14-20-18(9-10-19-24(20)27(39)35(26(19)38)16-5-7-17(8-6-16)36(42)43)21(31(30,33)29(34)41)11-4-15-12-22(44-2)25(37)23(13-15)45-3/h4-9,11-13,19-21,24,37H,10,14H2,1-3H3/t19-,20+,21-,24-,30+,31-/m0/s1. The van der Waals surface area contributed by atoms with Crippen molar-refractivity contribution in [2.75, 3.05) is 26.2 Å². The number of ether oxygens (including phenoxy) is 2. The largest absolute Gasteiger partial charge is 0.502 e. The van der Waals surface area contributed by atoms with Crippen LogP contribution in [0, 0.1) is 33.8 Å². The number of aromatic hydroxyl groups is 1. The van der Waals surface area contributed by atoms with Gasteiger partial charge in [-0.05, 0) is 48.6 Å². The van der Waals surface area contributed by atoms with Crippen LogP contribution in [0.1, 0.15) is 18.4 Å². The molecule has 2 aromatic rings. The van der Waals surface area contributed by atoms with Crippen molar-refractivity contribution in [3.05, 3.63) is 69.8 Å². The third-order valence-corrected chi connectivity index (χ3v) is 10.8. The lowest BCUT2D eigenvalue weighted by Gasteiger charge is -2.49. The molecule has 45 heavy (non-hydrogen) atoms. The first-order valence-corrected chi connectivity index (χ1v) is 14.7. The first kappa shape index (κ1) is 30.6. The fraction of sp³-hybridized carbons (Fsp3) is 0.355. The monoisotopic (exact) mass is 655 g/mol. The Morgan fingerprint density at radius 2 is 1.62 bits per heavy atom. The summed E-state index contributed by atoms with van der Waals surface area (Å²) < 4.78 is 10.5. The molecular weight excluding hydrogens is 629 g/mol. The zero-order chi connectivity index (χ0) is 32.6. The number of benzene rings is 2. The maximum Gasteiger partial charge on any atom is 0.269 e. The third-order valence-electron chi connectivity index (χ3n) is 9.37. The number of methoxy groups -OCH3 is 2. The second-order valence-electron chi connectivity index (χ2n) is 11.5. The fourth-order valence-corrected chi connectivity index (χ4v) is 8.16. The number of imide groups is 2. The van der Waals surface area contributed by atoms with Crippen LogP contribution in [-0.4, -0.2) is 69.6 Å². The van der Waals surface area contributed by atoms with Gasteiger partial charge in [0.2, 0.25) is 17.6 Å². The van der Waals surface area contributed by atoms with Crippen LogP contribution in [0.5, 0.6) is 17.2 Å². The van der Waals surface area contributed by atoms with Gasteiger partial charge in [-0.25, -0.2) is 0 Å². The highest BCUT2D eigenvalue weighted by molar-refractivity contribution is 6.53. The van der Waals surface area contributed by atoms with Gasteiger partial charge in [0.1, 0.15) is 0 Å². The minimum absolute atomic E-state index is 0.135. The van der Waals surface area contributed by atoms with Gasteiger partial charge in [-0.15, -0.1) is 23.2 Å². The smallest absolute Gasteiger partial charge is 0.269 e. The summed E-state index contributed by atoms with van der Waals surface area (Å²) >= 11 is 14.3. The predicted octanol–water partition coefficient (Wildman–Crippen LogP) is 4.06. The lowest BCUT2D eigenvalue weighted by atomic mass is 9.57. The summed E-state index contributed by atoms with van der Waals surface area (Å²) in [6.45, 7) is 0. The van der Waals surface area contributed by atoms with E-state index in [1.807, 2.05) is 0 Å². The van der Waals surface area contributed by atoms with Crippen molar-refractivity contribution in [2.45, 2.75) is 22.6 Å². The van der Waals surface area contributed by atoms with E-state index < -0.39 is 62.0 Å². The zero-order valence-corrected chi connectivity index (χ0v) is 25.7. The van der Waals surface area contributed by atoms with Crippen molar-refractivity contribution in [1.82, 2.24) is 4.90 Å². The molecule has 1 saturated carbocycles. The number of alkyl halides is 2. The maximum absolute atomic E-state index is 14.0. The number of amides is 4. The van der Waals surface area contributed by atoms with E-state index >= 15 is 0 Å². The van der Waals surface area contributed by atoms with Crippen LogP contribution in [0.15, 0.2) is 54.1 Å². The van der Waals surface area contributed by atoms with Crippen LogP contribution in [-0.2, 0) is 19.2 Å². The van der Waals surface area contributed by atoms with Gasteiger partial charge in [0.25, 0.3) is 17.5 Å². The number of halogens is 2. The molecule has 4 amide bonds. The molecule has 2 saturated heterocycles. The van der Waals surface area contributed by atoms with Crippen LogP contribution in [0.2, 0.25) is 0 Å². The van der Waals surface area contributed by atoms with Crippen LogP contribution in [0.4, 0.5) is 11.4 Å². The van der Waals surface area contributed by atoms with Gasteiger partial charge >= 0.3 is 0 Å². The molecule has 2 aliphatic carbocycles. The van der Waals surface area contributed by atoms with E-state index in [0.29, 0.717) is 11.1 Å². The summed E-state index contributed by atoms with van der Waals surface area (Å²) in [5, 5.41) is 21.5. The first-order chi connectivity index (χ1) is 21.3. The summed E-state index contributed by atoms with van der Waals surface area (Å²) in [4.78, 5) is 63.4. The number of rotatable bonds is 6. The van der Waals surface area contributed by atoms with E-state index in [1.54, 1.807) is 30.4 Å². The molecule has 2 aliphatic heterocycles. The van der Waals surface area contributed by atoms with Gasteiger partial charge in [-0.3, -0.25) is 39.1 Å². The molecular formula is C31H27Cl2N3O9. The Hall–Kier alpha value is -4.42. The maximum atomic E-state index is 14.0. The number of hydrogen-bond acceptors (Lipinski definition) is 9. The molecule has 0 unspecified atom stereocenters. The molecule has 0 radical (unpaired) electrons. The number of hydrogen-bond donors (Lipinski definition) is 1. The summed E-state index contributed by atoms with van der Waals surface area (Å²) in [6.07, 6.45) is 5.05. The van der Waals surface area contributed by atoms with Gasteiger partial charge < -0.3 is 14.6 Å². The molecule has 0 aromatic heterocycles. The molecule has 0 bridgehead atoms. The minimum atomic E-state index is -1.94. The zero-order valence-electron chi connectivity index (χ0n) is 24.2. The molecule has 6 rings (SSSR count). The van der Waals surface area contributed by atoms with Gasteiger partial charge in [-0.2, -0.15) is 0 Å². The van der Waals surface area contributed by atoms with Crippen LogP contribution in [0.25, 0.3) is 6.08 Å². The Kier molecular flexibility index (Phi) is 7.20. The Morgan fingerprint density at radius 1 is 1.00 bits per heavy atom. The Labute approximate surface area is 266 Å². The van der Waals surface area contributed by atoms with E-state index in [-0.39, 0.29) is 41.5 Å². The second kappa shape index (κ2) is 10.6. The second-order valence-corrected chi connectivity index (χ2v) is 12.7. The Balaban J connectivity index is 1.44. The quantitative estimate of drug-likeness (QED) is 0.159. The number of nitrogens with zero attached hydrogens (tertiary/aromatic N) is 3. The lowest BCUT2D eigenvalue weighted by Crippen LogP contribution is -2.60. The summed E-state index contributed by atoms with van der Waals surface area (Å²) in [5.41, 5.74) is 1.11. The number of nitro benzene ring substituents is 1. The number of anilines is 1. The normalized spacial score (nSPS) is 30.7. The SMILES string of the molecule is COc1cc(C=C[C@H]2C3=CC[C@@H]4C(=O)N(c5ccc([N+](=O)[O-])cc5)C(=O)[C@@H]4[C@@H]3C[C@@]3(Cl)C(=O)N(C)C(=O)[C@@]23Cl)cc(OC)c1O. The average molecular weight is 656 g/mol. The van der Waals surface area contributed by atoms with Crippen molar-refractivity contribution in [3.63, 3.8) is 0 Å². The van der Waals surface area contributed by atoms with E-state index in [2.05, 4.69) is 0 Å². The molecule has 2 heterocycles. The number of fused-ring (bicyclic) bond motifs is 4. The van der Waals surface area contributed by atoms with E-state index in [1.165, 1.54) is 45.5 Å². The van der Waals surface area contributed by atoms with E-state index in [9.17, 15) is 34.4 Å². The van der Waals surface area contributed by atoms with Gasteiger partial charge in [0.05, 0.1) is 36.7 Å². The van der Waals surface area contributed by atoms with Crippen molar-refractivity contribution in [2.24, 2.45) is 23.7 Å². The van der Waals surface area contributed by atoms with E-state index in [0.717, 1.165) is 9.80 Å². The molecule has 0 spiro atoms. The van der Waals surface area contributed by atoms with Crippen molar-refractivity contribution < 1.29 is 38.7 Å². The number of allylic oxidation sites excluding steroid dienone is 3. The Morgan fingerprint density at radius 3 is 2.20 bits per heavy atom. The number of phenols is 1. The topological polar surface area (TPSA) is 157 Å². The number of phenolic OH excluding ortho intramolecular Hbond substituents is 1. The highest BCUT2D eigenvalue weighted by Gasteiger charge is 2.75. The van der Waals surface area contributed by atoms with Crippen molar-refractivity contribution in [1.29, 1.82) is 0 Å². The molecule has 1 N–H and O–H groups in total. The van der Waals surface area contributed by atoms with Gasteiger partial charge in [-0.1, -0.05) is 23.8 Å². The average Bonchev–Trinajstić information content (AvgIpc) is 3.35. The molecule has 4 aliphatic rings. The highest BCUT2D eigenvalue weighted by Crippen LogP contribution is 2.63. The molecule has 12 nitrogen and oxygen atoms in total. The fourth-order valence-electron chi connectivity index (χ4n) is 7.19. The lowest BCUT2D eigenvalue weighted by molar-refractivity contribution is -0.384. The van der Waals surface area contributed by atoms with Crippen molar-refractivity contribution >= 4 is 64.3 Å². The predicted molar refractivity (Wildman–Crippen MR) is 162 cm³/mol. The van der Waals surface area contributed by atoms with Crippen LogP contribution >= 0.6 is 23.2 Å². The Bertz CT molecular complexity index is 1720. The van der Waals surface area contributed by atoms with Gasteiger partial charge in [0, 0.05) is 25.1 Å². The molecule has 3 fully saturated rings. The molecule has 2 aromatic carbocycles. The van der Waals surface area contributed by atoms with Crippen LogP contribution in [0.3, 0.4) is 0 Å². The summed E-state index contributed by atoms with van der Waals surface area (Å²) in [6, 6.07) is 8.20. The highest BCUT2D eigenvalue weighted by atomic mass is 35.5. The molecule has 234 valence electrons. The number of likely N-dealkylation sites (tertiary alicyclic amines) is 1. The number of nitro groups is 1. The molecule has 14 heteroatoms. The van der Waals surface area contributed by atoms with Crippen LogP contribution < -0.4 is 14.4 Å². The third kappa shape index (κ3) is 4.18. The summed E-state index contributed by atoms with van der Waals surface area (Å²) in [5.74, 6) is -5.72.